The molecule has 6 heteroatoms. The Balaban J connectivity index is 1.25. The average Bonchev–Trinajstić information content (AvgIpc) is 3.34. The lowest BCUT2D eigenvalue weighted by atomic mass is 9.89. The molecule has 6 nitrogen and oxygen atoms in total. The third kappa shape index (κ3) is 5.02. The molecule has 5 rings (SSSR count). The molecule has 0 saturated carbocycles. The van der Waals surface area contributed by atoms with Crippen molar-refractivity contribution in [3.63, 3.8) is 0 Å². The van der Waals surface area contributed by atoms with Crippen molar-refractivity contribution in [1.82, 2.24) is 20.0 Å². The zero-order chi connectivity index (χ0) is 22.5. The Morgan fingerprint density at radius 1 is 0.879 bits per heavy atom. The van der Waals surface area contributed by atoms with Gasteiger partial charge in [-0.15, -0.1) is 0 Å². The van der Waals surface area contributed by atoms with Crippen LogP contribution in [0.3, 0.4) is 0 Å². The van der Waals surface area contributed by atoms with Gasteiger partial charge in [0.05, 0.1) is 24.3 Å². The summed E-state index contributed by atoms with van der Waals surface area (Å²) in [5, 5.41) is 15.0. The number of nitrogens with zero attached hydrogens (tertiary/aromatic N) is 4. The third-order valence-electron chi connectivity index (χ3n) is 6.44. The number of benzene rings is 2. The fourth-order valence-electron chi connectivity index (χ4n) is 4.64. The molecule has 1 aliphatic rings. The highest BCUT2D eigenvalue weighted by Gasteiger charge is 2.28. The minimum absolute atomic E-state index is 0.0656. The predicted octanol–water partition coefficient (Wildman–Crippen LogP) is 4.59. The number of hydrogen-bond donors (Lipinski definition) is 1. The molecule has 4 aromatic rings. The maximum atomic E-state index is 10.7. The van der Waals surface area contributed by atoms with Crippen molar-refractivity contribution < 1.29 is 9.63 Å². The number of piperidine rings is 1. The van der Waals surface area contributed by atoms with Gasteiger partial charge in [-0.05, 0) is 55.1 Å². The average molecular weight is 441 g/mol. The highest BCUT2D eigenvalue weighted by molar-refractivity contribution is 5.37. The first-order valence-electron chi connectivity index (χ1n) is 11.5. The van der Waals surface area contributed by atoms with Crippen molar-refractivity contribution >= 4 is 0 Å². The van der Waals surface area contributed by atoms with E-state index in [1.807, 2.05) is 54.6 Å². The second-order valence-electron chi connectivity index (χ2n) is 8.61. The summed E-state index contributed by atoms with van der Waals surface area (Å²) in [5.41, 5.74) is 3.03. The first kappa shape index (κ1) is 21.5. The Labute approximate surface area is 193 Å². The minimum atomic E-state index is -0.513. The van der Waals surface area contributed by atoms with Gasteiger partial charge >= 0.3 is 0 Å². The van der Waals surface area contributed by atoms with Gasteiger partial charge in [0, 0.05) is 6.20 Å². The summed E-state index contributed by atoms with van der Waals surface area (Å²) < 4.78 is 5.67. The SMILES string of the molecule is O[C@@H](c1ccccn1)C1CCN(Cc2nc(C(c3ccccc3)c3ccccc3)no2)CC1. The zero-order valence-corrected chi connectivity index (χ0v) is 18.5. The summed E-state index contributed by atoms with van der Waals surface area (Å²) in [6.07, 6.45) is 3.05. The summed E-state index contributed by atoms with van der Waals surface area (Å²) >= 11 is 0. The van der Waals surface area contributed by atoms with Crippen LogP contribution in [0.5, 0.6) is 0 Å². The van der Waals surface area contributed by atoms with Crippen molar-refractivity contribution in [2.75, 3.05) is 13.1 Å². The number of aliphatic hydroxyl groups excluding tert-OH is 1. The lowest BCUT2D eigenvalue weighted by Gasteiger charge is -2.33. The highest BCUT2D eigenvalue weighted by atomic mass is 16.5. The van der Waals surface area contributed by atoms with Gasteiger partial charge in [0.2, 0.25) is 5.89 Å². The topological polar surface area (TPSA) is 75.3 Å². The molecule has 0 aliphatic carbocycles. The van der Waals surface area contributed by atoms with Crippen LogP contribution >= 0.6 is 0 Å². The van der Waals surface area contributed by atoms with E-state index in [0.29, 0.717) is 18.3 Å². The third-order valence-corrected chi connectivity index (χ3v) is 6.44. The van der Waals surface area contributed by atoms with Gasteiger partial charge in [-0.2, -0.15) is 4.98 Å². The lowest BCUT2D eigenvalue weighted by molar-refractivity contribution is 0.0511. The number of likely N-dealkylation sites (tertiary alicyclic amines) is 1. The van der Waals surface area contributed by atoms with Crippen LogP contribution in [0.15, 0.2) is 89.6 Å². The predicted molar refractivity (Wildman–Crippen MR) is 125 cm³/mol. The Morgan fingerprint density at radius 2 is 1.52 bits per heavy atom. The van der Waals surface area contributed by atoms with Crippen molar-refractivity contribution in [1.29, 1.82) is 0 Å². The van der Waals surface area contributed by atoms with E-state index in [-0.39, 0.29) is 11.8 Å². The molecule has 3 heterocycles. The lowest BCUT2D eigenvalue weighted by Crippen LogP contribution is -2.35. The van der Waals surface area contributed by atoms with Gasteiger partial charge in [0.1, 0.15) is 0 Å². The van der Waals surface area contributed by atoms with Crippen LogP contribution in [0.1, 0.15) is 53.4 Å². The van der Waals surface area contributed by atoms with Crippen LogP contribution in [0.4, 0.5) is 0 Å². The molecule has 2 aromatic carbocycles. The maximum absolute atomic E-state index is 10.7. The van der Waals surface area contributed by atoms with Crippen molar-refractivity contribution in [3.05, 3.63) is 114 Å². The Hall–Kier alpha value is -3.35. The zero-order valence-electron chi connectivity index (χ0n) is 18.5. The van der Waals surface area contributed by atoms with Crippen LogP contribution in [-0.4, -0.2) is 38.2 Å². The van der Waals surface area contributed by atoms with E-state index >= 15 is 0 Å². The first-order chi connectivity index (χ1) is 16.3. The molecule has 168 valence electrons. The van der Waals surface area contributed by atoms with Crippen LogP contribution in [-0.2, 0) is 6.54 Å². The molecule has 1 atom stereocenters. The normalized spacial score (nSPS) is 16.2. The molecule has 1 N–H and O–H groups in total. The largest absolute Gasteiger partial charge is 0.387 e. The minimum Gasteiger partial charge on any atom is -0.387 e. The monoisotopic (exact) mass is 440 g/mol. The van der Waals surface area contributed by atoms with Crippen LogP contribution in [0.2, 0.25) is 0 Å². The Bertz CT molecular complexity index is 1090. The smallest absolute Gasteiger partial charge is 0.240 e. The maximum Gasteiger partial charge on any atom is 0.240 e. The second kappa shape index (κ2) is 10.1. The van der Waals surface area contributed by atoms with Gasteiger partial charge in [-0.25, -0.2) is 0 Å². The second-order valence-corrected chi connectivity index (χ2v) is 8.61. The Morgan fingerprint density at radius 3 is 2.12 bits per heavy atom. The molecule has 0 amide bonds. The summed E-state index contributed by atoms with van der Waals surface area (Å²) in [6.45, 7) is 2.38. The van der Waals surface area contributed by atoms with E-state index in [9.17, 15) is 5.11 Å². The van der Waals surface area contributed by atoms with Gasteiger partial charge in [0.25, 0.3) is 0 Å². The van der Waals surface area contributed by atoms with Gasteiger partial charge < -0.3 is 9.63 Å². The fraction of sp³-hybridized carbons (Fsp3) is 0.296. The molecule has 1 fully saturated rings. The first-order valence-corrected chi connectivity index (χ1v) is 11.5. The van der Waals surface area contributed by atoms with Gasteiger partial charge in [0.15, 0.2) is 5.82 Å². The van der Waals surface area contributed by atoms with Crippen LogP contribution < -0.4 is 0 Å². The van der Waals surface area contributed by atoms with Crippen LogP contribution in [0, 0.1) is 5.92 Å². The number of aliphatic hydroxyl groups is 1. The highest BCUT2D eigenvalue weighted by Crippen LogP contribution is 2.32. The molecule has 0 spiro atoms. The molecule has 33 heavy (non-hydrogen) atoms. The summed E-state index contributed by atoms with van der Waals surface area (Å²) in [4.78, 5) is 11.4. The molecule has 0 unspecified atom stereocenters. The van der Waals surface area contributed by atoms with E-state index < -0.39 is 6.10 Å². The molecular weight excluding hydrogens is 412 g/mol. The summed E-state index contributed by atoms with van der Waals surface area (Å²) in [7, 11) is 0. The number of aromatic nitrogens is 3. The summed E-state index contributed by atoms with van der Waals surface area (Å²) in [5.74, 6) is 1.47. The molecule has 1 aliphatic heterocycles. The number of pyridine rings is 1. The molecule has 1 saturated heterocycles. The summed E-state index contributed by atoms with van der Waals surface area (Å²) in [6, 6.07) is 26.3. The molecule has 0 radical (unpaired) electrons. The van der Waals surface area contributed by atoms with E-state index in [2.05, 4.69) is 39.3 Å². The van der Waals surface area contributed by atoms with Crippen molar-refractivity contribution in [2.45, 2.75) is 31.4 Å². The van der Waals surface area contributed by atoms with Gasteiger partial charge in [-0.1, -0.05) is 71.9 Å². The molecule has 0 bridgehead atoms. The van der Waals surface area contributed by atoms with E-state index in [1.165, 1.54) is 0 Å². The van der Waals surface area contributed by atoms with Crippen molar-refractivity contribution in [3.8, 4) is 0 Å². The van der Waals surface area contributed by atoms with E-state index in [4.69, 9.17) is 9.51 Å². The van der Waals surface area contributed by atoms with Crippen LogP contribution in [0.25, 0.3) is 0 Å². The molecule has 2 aromatic heterocycles. The number of rotatable bonds is 7. The quantitative estimate of drug-likeness (QED) is 0.453. The fourth-order valence-corrected chi connectivity index (χ4v) is 4.64. The van der Waals surface area contributed by atoms with Crippen molar-refractivity contribution in [2.24, 2.45) is 5.92 Å². The van der Waals surface area contributed by atoms with Gasteiger partial charge in [-0.3, -0.25) is 9.88 Å². The van der Waals surface area contributed by atoms with E-state index in [1.54, 1.807) is 6.20 Å². The van der Waals surface area contributed by atoms with E-state index in [0.717, 1.165) is 42.8 Å². The molecular formula is C27H28N4O2. The standard InChI is InChI=1S/C27H28N4O2/c32-26(23-13-7-8-16-28-23)22-14-17-31(18-15-22)19-24-29-27(30-33-24)25(20-9-3-1-4-10-20)21-11-5-2-6-12-21/h1-13,16,22,25-26,32H,14-15,17-19H2/t26-/m1/s1. The number of hydrogen-bond acceptors (Lipinski definition) is 6. The Kier molecular flexibility index (Phi) is 6.56.